The first-order valence-electron chi connectivity index (χ1n) is 6.81. The molecular weight excluding hydrogens is 284 g/mol. The fourth-order valence-corrected chi connectivity index (χ4v) is 2.14. The second-order valence-corrected chi connectivity index (χ2v) is 5.10. The summed E-state index contributed by atoms with van der Waals surface area (Å²) in [5.41, 5.74) is 4.11. The number of hydrogen-bond donors (Lipinski definition) is 0. The molecule has 0 unspecified atom stereocenters. The maximum atomic E-state index is 11.4. The van der Waals surface area contributed by atoms with Crippen molar-refractivity contribution in [2.24, 2.45) is 0 Å². The molecule has 0 aliphatic heterocycles. The Morgan fingerprint density at radius 1 is 1.05 bits per heavy atom. The molecule has 2 aromatic carbocycles. The van der Waals surface area contributed by atoms with Gasteiger partial charge in [-0.2, -0.15) is 0 Å². The van der Waals surface area contributed by atoms with Gasteiger partial charge in [0.05, 0.1) is 6.61 Å². The number of rotatable bonds is 4. The number of benzene rings is 2. The fourth-order valence-electron chi connectivity index (χ4n) is 2.01. The van der Waals surface area contributed by atoms with Gasteiger partial charge in [0.2, 0.25) is 0 Å². The van der Waals surface area contributed by atoms with Crippen LogP contribution in [0.1, 0.15) is 19.4 Å². The summed E-state index contributed by atoms with van der Waals surface area (Å²) in [6.07, 6.45) is 1.51. The monoisotopic (exact) mass is 300 g/mol. The molecular formula is C18H17ClO2. The van der Waals surface area contributed by atoms with Crippen LogP contribution in [0.5, 0.6) is 0 Å². The van der Waals surface area contributed by atoms with E-state index in [0.717, 1.165) is 27.3 Å². The largest absolute Gasteiger partial charge is 0.463 e. The molecule has 0 bridgehead atoms. The van der Waals surface area contributed by atoms with E-state index in [1.807, 2.05) is 55.5 Å². The predicted octanol–water partition coefficient (Wildman–Crippen LogP) is 4.97. The van der Waals surface area contributed by atoms with Crippen molar-refractivity contribution in [3.05, 3.63) is 65.2 Å². The Balaban J connectivity index is 2.19. The average Bonchev–Trinajstić information content (AvgIpc) is 2.48. The number of esters is 1. The lowest BCUT2D eigenvalue weighted by Crippen LogP contribution is -2.00. The minimum atomic E-state index is -0.309. The topological polar surface area (TPSA) is 26.3 Å². The van der Waals surface area contributed by atoms with Gasteiger partial charge in [-0.05, 0) is 48.2 Å². The van der Waals surface area contributed by atoms with Gasteiger partial charge in [-0.3, -0.25) is 0 Å². The smallest absolute Gasteiger partial charge is 0.331 e. The molecule has 0 atom stereocenters. The lowest BCUT2D eigenvalue weighted by atomic mass is 10.0. The van der Waals surface area contributed by atoms with Crippen molar-refractivity contribution < 1.29 is 9.53 Å². The summed E-state index contributed by atoms with van der Waals surface area (Å²) in [7, 11) is 0. The molecule has 0 amide bonds. The van der Waals surface area contributed by atoms with Crippen LogP contribution in [0.25, 0.3) is 16.7 Å². The summed E-state index contributed by atoms with van der Waals surface area (Å²) in [6.45, 7) is 4.08. The van der Waals surface area contributed by atoms with Crippen LogP contribution >= 0.6 is 11.6 Å². The minimum absolute atomic E-state index is 0.309. The van der Waals surface area contributed by atoms with Crippen LogP contribution in [0.2, 0.25) is 5.02 Å². The predicted molar refractivity (Wildman–Crippen MR) is 87.2 cm³/mol. The zero-order chi connectivity index (χ0) is 15.2. The molecule has 0 N–H and O–H groups in total. The lowest BCUT2D eigenvalue weighted by Gasteiger charge is -2.05. The van der Waals surface area contributed by atoms with E-state index >= 15 is 0 Å². The van der Waals surface area contributed by atoms with Crippen molar-refractivity contribution in [3.63, 3.8) is 0 Å². The van der Waals surface area contributed by atoms with Gasteiger partial charge < -0.3 is 4.74 Å². The number of ether oxygens (including phenoxy) is 1. The van der Waals surface area contributed by atoms with Crippen molar-refractivity contribution in [2.45, 2.75) is 13.8 Å². The molecule has 0 spiro atoms. The maximum Gasteiger partial charge on any atom is 0.331 e. The zero-order valence-corrected chi connectivity index (χ0v) is 12.9. The van der Waals surface area contributed by atoms with E-state index in [-0.39, 0.29) is 5.97 Å². The number of carbonyl (C=O) groups excluding carboxylic acids is 1. The second kappa shape index (κ2) is 7.09. The van der Waals surface area contributed by atoms with Crippen LogP contribution in [-0.4, -0.2) is 12.6 Å². The van der Waals surface area contributed by atoms with Crippen LogP contribution in [0.15, 0.2) is 54.6 Å². The maximum absolute atomic E-state index is 11.4. The van der Waals surface area contributed by atoms with E-state index < -0.39 is 0 Å². The molecule has 0 heterocycles. The highest BCUT2D eigenvalue weighted by Crippen LogP contribution is 2.23. The molecule has 0 fully saturated rings. The number of hydrogen-bond acceptors (Lipinski definition) is 2. The van der Waals surface area contributed by atoms with Crippen molar-refractivity contribution in [1.29, 1.82) is 0 Å². The summed E-state index contributed by atoms with van der Waals surface area (Å²) in [5.74, 6) is -0.309. The minimum Gasteiger partial charge on any atom is -0.463 e. The molecule has 0 aliphatic rings. The Kier molecular flexibility index (Phi) is 5.18. The summed E-state index contributed by atoms with van der Waals surface area (Å²) < 4.78 is 4.91. The van der Waals surface area contributed by atoms with E-state index in [0.29, 0.717) is 6.61 Å². The Hall–Kier alpha value is -2.06. The molecule has 0 saturated heterocycles. The molecule has 2 nitrogen and oxygen atoms in total. The third-order valence-electron chi connectivity index (χ3n) is 3.14. The van der Waals surface area contributed by atoms with Gasteiger partial charge in [0.15, 0.2) is 0 Å². The van der Waals surface area contributed by atoms with Gasteiger partial charge in [0.25, 0.3) is 0 Å². The third-order valence-corrected chi connectivity index (χ3v) is 3.39. The van der Waals surface area contributed by atoms with Crippen LogP contribution in [0.3, 0.4) is 0 Å². The highest BCUT2D eigenvalue weighted by atomic mass is 35.5. The van der Waals surface area contributed by atoms with E-state index in [2.05, 4.69) is 0 Å². The molecule has 0 radical (unpaired) electrons. The lowest BCUT2D eigenvalue weighted by molar-refractivity contribution is -0.137. The molecule has 0 aromatic heterocycles. The molecule has 2 rings (SSSR count). The van der Waals surface area contributed by atoms with Crippen molar-refractivity contribution in [2.75, 3.05) is 6.61 Å². The quantitative estimate of drug-likeness (QED) is 0.588. The zero-order valence-electron chi connectivity index (χ0n) is 12.1. The fraction of sp³-hybridized carbons (Fsp3) is 0.167. The van der Waals surface area contributed by atoms with Crippen LogP contribution < -0.4 is 0 Å². The van der Waals surface area contributed by atoms with Gasteiger partial charge in [-0.15, -0.1) is 0 Å². The Bertz CT molecular complexity index is 640. The molecule has 21 heavy (non-hydrogen) atoms. The molecule has 108 valence electrons. The third kappa shape index (κ3) is 4.20. The molecule has 3 heteroatoms. The van der Waals surface area contributed by atoms with Gasteiger partial charge >= 0.3 is 5.97 Å². The molecule has 2 aromatic rings. The first-order chi connectivity index (χ1) is 10.1. The van der Waals surface area contributed by atoms with Crippen LogP contribution in [0, 0.1) is 0 Å². The van der Waals surface area contributed by atoms with Gasteiger partial charge in [0, 0.05) is 11.1 Å². The second-order valence-electron chi connectivity index (χ2n) is 4.66. The summed E-state index contributed by atoms with van der Waals surface area (Å²) in [4.78, 5) is 11.4. The van der Waals surface area contributed by atoms with Crippen molar-refractivity contribution >= 4 is 23.1 Å². The first kappa shape index (κ1) is 15.3. The van der Waals surface area contributed by atoms with Gasteiger partial charge in [0.1, 0.15) is 0 Å². The Labute approximate surface area is 130 Å². The summed E-state index contributed by atoms with van der Waals surface area (Å²) >= 11 is 5.89. The Morgan fingerprint density at radius 3 is 2.10 bits per heavy atom. The van der Waals surface area contributed by atoms with Gasteiger partial charge in [-0.25, -0.2) is 4.79 Å². The normalized spacial score (nSPS) is 11.3. The van der Waals surface area contributed by atoms with E-state index in [9.17, 15) is 4.79 Å². The summed E-state index contributed by atoms with van der Waals surface area (Å²) in [6, 6.07) is 15.8. The Morgan fingerprint density at radius 2 is 1.57 bits per heavy atom. The first-order valence-corrected chi connectivity index (χ1v) is 7.19. The van der Waals surface area contributed by atoms with Gasteiger partial charge in [-0.1, -0.05) is 48.0 Å². The van der Waals surface area contributed by atoms with E-state index in [4.69, 9.17) is 16.3 Å². The van der Waals surface area contributed by atoms with Crippen molar-refractivity contribution in [3.8, 4) is 11.1 Å². The SMILES string of the molecule is CCOC(=O)C=C(C)c1ccc(-c2ccc(Cl)cc2)cc1. The number of carbonyl (C=O) groups is 1. The van der Waals surface area contributed by atoms with E-state index in [1.54, 1.807) is 6.92 Å². The standard InChI is InChI=1S/C18H17ClO2/c1-3-21-18(20)12-13(2)14-4-6-15(7-5-14)16-8-10-17(19)11-9-16/h4-12H,3H2,1-2H3. The van der Waals surface area contributed by atoms with Crippen LogP contribution in [-0.2, 0) is 9.53 Å². The number of halogens is 1. The molecule has 0 aliphatic carbocycles. The summed E-state index contributed by atoms with van der Waals surface area (Å²) in [5, 5.41) is 0.726. The highest BCUT2D eigenvalue weighted by molar-refractivity contribution is 6.30. The van der Waals surface area contributed by atoms with E-state index in [1.165, 1.54) is 6.08 Å². The van der Waals surface area contributed by atoms with Crippen molar-refractivity contribution in [1.82, 2.24) is 0 Å². The average molecular weight is 301 g/mol. The molecule has 0 saturated carbocycles. The number of allylic oxidation sites excluding steroid dienone is 1. The van der Waals surface area contributed by atoms with Crippen LogP contribution in [0.4, 0.5) is 0 Å². The highest BCUT2D eigenvalue weighted by Gasteiger charge is 2.02.